The maximum absolute atomic E-state index is 12.8. The zero-order valence-corrected chi connectivity index (χ0v) is 16.4. The summed E-state index contributed by atoms with van der Waals surface area (Å²) in [6, 6.07) is 15.7. The second kappa shape index (κ2) is 8.46. The van der Waals surface area contributed by atoms with Crippen molar-refractivity contribution in [1.29, 1.82) is 0 Å². The number of anilines is 1. The van der Waals surface area contributed by atoms with Crippen molar-refractivity contribution >= 4 is 11.6 Å². The monoisotopic (exact) mass is 439 g/mol. The first kappa shape index (κ1) is 21.0. The van der Waals surface area contributed by atoms with Crippen LogP contribution in [-0.4, -0.2) is 20.6 Å². The minimum atomic E-state index is -4.47. The van der Waals surface area contributed by atoms with E-state index in [-0.39, 0.29) is 22.9 Å². The van der Waals surface area contributed by atoms with Crippen molar-refractivity contribution in [3.8, 4) is 22.9 Å². The Morgan fingerprint density at radius 1 is 0.969 bits per heavy atom. The topological polar surface area (TPSA) is 76.4 Å². The second-order valence-corrected chi connectivity index (χ2v) is 6.72. The highest BCUT2D eigenvalue weighted by Gasteiger charge is 2.30. The molecule has 0 fully saturated rings. The molecule has 2 aromatic heterocycles. The van der Waals surface area contributed by atoms with Crippen molar-refractivity contribution in [2.24, 2.45) is 0 Å². The summed E-state index contributed by atoms with van der Waals surface area (Å²) in [4.78, 5) is 16.5. The van der Waals surface area contributed by atoms with Crippen LogP contribution < -0.4 is 10.1 Å². The number of benzene rings is 2. The van der Waals surface area contributed by atoms with E-state index in [4.69, 9.17) is 4.74 Å². The van der Waals surface area contributed by atoms with Crippen molar-refractivity contribution in [3.05, 3.63) is 96.6 Å². The molecule has 0 aliphatic rings. The quantitative estimate of drug-likeness (QED) is 0.422. The Labute approximate surface area is 180 Å². The van der Waals surface area contributed by atoms with Crippen LogP contribution in [0.25, 0.3) is 5.69 Å². The van der Waals surface area contributed by atoms with E-state index in [1.165, 1.54) is 42.6 Å². The lowest BCUT2D eigenvalue weighted by Crippen LogP contribution is -2.14. The fraction of sp³-hybridized carbons (Fsp3) is 0.0435. The number of carbonyl (C=O) groups is 1. The van der Waals surface area contributed by atoms with Gasteiger partial charge in [0.2, 0.25) is 0 Å². The van der Waals surface area contributed by atoms with Gasteiger partial charge in [-0.15, -0.1) is 0 Å². The molecule has 9 heteroatoms. The predicted molar refractivity (Wildman–Crippen MR) is 111 cm³/mol. The summed E-state index contributed by atoms with van der Waals surface area (Å²) in [5.41, 5.74) is -0.173. The van der Waals surface area contributed by atoms with E-state index in [0.29, 0.717) is 11.4 Å². The molecule has 0 saturated heterocycles. The van der Waals surface area contributed by atoms with E-state index in [1.807, 2.05) is 0 Å². The van der Waals surface area contributed by atoms with E-state index < -0.39 is 17.6 Å². The van der Waals surface area contributed by atoms with Gasteiger partial charge in [0.15, 0.2) is 11.4 Å². The summed E-state index contributed by atoms with van der Waals surface area (Å²) in [6.45, 7) is 0. The fourth-order valence-electron chi connectivity index (χ4n) is 2.98. The third-order valence-electron chi connectivity index (χ3n) is 4.51. The molecule has 4 aromatic rings. The molecule has 2 aromatic carbocycles. The minimum absolute atomic E-state index is 0.0348. The molecular weight excluding hydrogens is 423 g/mol. The Balaban J connectivity index is 1.47. The lowest BCUT2D eigenvalue weighted by atomic mass is 10.2. The van der Waals surface area contributed by atoms with E-state index in [1.54, 1.807) is 35.2 Å². The number of aromatic hydroxyl groups is 1. The summed E-state index contributed by atoms with van der Waals surface area (Å²) >= 11 is 0. The number of alkyl halides is 3. The van der Waals surface area contributed by atoms with Crippen LogP contribution in [0.3, 0.4) is 0 Å². The first-order chi connectivity index (χ1) is 15.3. The Bertz CT molecular complexity index is 1240. The molecule has 0 aliphatic carbocycles. The van der Waals surface area contributed by atoms with Crippen LogP contribution in [0.15, 0.2) is 85.3 Å². The van der Waals surface area contributed by atoms with Crippen molar-refractivity contribution in [3.63, 3.8) is 0 Å². The Kier molecular flexibility index (Phi) is 5.55. The highest BCUT2D eigenvalue weighted by atomic mass is 19.4. The van der Waals surface area contributed by atoms with Crippen molar-refractivity contribution < 1.29 is 27.8 Å². The molecule has 0 radical (unpaired) electrons. The van der Waals surface area contributed by atoms with Crippen LogP contribution in [0, 0.1) is 0 Å². The molecule has 32 heavy (non-hydrogen) atoms. The lowest BCUT2D eigenvalue weighted by Gasteiger charge is -2.12. The van der Waals surface area contributed by atoms with Gasteiger partial charge in [0.05, 0.1) is 11.3 Å². The van der Waals surface area contributed by atoms with Crippen molar-refractivity contribution in [2.75, 3.05) is 5.32 Å². The first-order valence-corrected chi connectivity index (χ1v) is 9.39. The van der Waals surface area contributed by atoms with Gasteiger partial charge >= 0.3 is 6.18 Å². The van der Waals surface area contributed by atoms with Crippen LogP contribution in [0.2, 0.25) is 0 Å². The SMILES string of the molecule is O=C(Nc1ccc(Oc2cccc(C(F)(F)F)c2)cc1)c1nccc(-n2cccc2)c1O. The fourth-order valence-corrected chi connectivity index (χ4v) is 2.98. The second-order valence-electron chi connectivity index (χ2n) is 6.72. The number of hydrogen-bond donors (Lipinski definition) is 2. The summed E-state index contributed by atoms with van der Waals surface area (Å²) in [5.74, 6) is -0.570. The third-order valence-corrected chi connectivity index (χ3v) is 4.51. The molecule has 4 rings (SSSR count). The summed E-state index contributed by atoms with van der Waals surface area (Å²) in [5, 5.41) is 13.1. The number of aromatic nitrogens is 2. The van der Waals surface area contributed by atoms with E-state index in [9.17, 15) is 23.1 Å². The predicted octanol–water partition coefficient (Wildman–Crippen LogP) is 5.64. The average Bonchev–Trinajstić information content (AvgIpc) is 3.29. The minimum Gasteiger partial charge on any atom is -0.504 e. The number of pyridine rings is 1. The molecule has 0 unspecified atom stereocenters. The summed E-state index contributed by atoms with van der Waals surface area (Å²) in [6.07, 6.45) is 0.390. The van der Waals surface area contributed by atoms with Gasteiger partial charge in [-0.2, -0.15) is 13.2 Å². The van der Waals surface area contributed by atoms with Crippen LogP contribution in [-0.2, 0) is 6.18 Å². The number of halogens is 3. The van der Waals surface area contributed by atoms with Crippen molar-refractivity contribution in [2.45, 2.75) is 6.18 Å². The van der Waals surface area contributed by atoms with Crippen molar-refractivity contribution in [1.82, 2.24) is 9.55 Å². The molecule has 2 N–H and O–H groups in total. The maximum Gasteiger partial charge on any atom is 0.416 e. The molecule has 0 spiro atoms. The zero-order valence-electron chi connectivity index (χ0n) is 16.4. The Morgan fingerprint density at radius 3 is 2.38 bits per heavy atom. The standard InChI is InChI=1S/C23H16F3N3O3/c24-23(25,26)15-4-3-5-18(14-15)32-17-8-6-16(7-9-17)28-22(31)20-21(30)19(10-11-27-20)29-12-1-2-13-29/h1-14,30H,(H,28,31). The number of nitrogens with one attached hydrogen (secondary N) is 1. The van der Waals surface area contributed by atoms with Gasteiger partial charge in [0.1, 0.15) is 11.5 Å². The normalized spacial score (nSPS) is 11.2. The number of rotatable bonds is 5. The van der Waals surface area contributed by atoms with Crippen LogP contribution >= 0.6 is 0 Å². The number of carbonyl (C=O) groups excluding carboxylic acids is 1. The smallest absolute Gasteiger partial charge is 0.416 e. The van der Waals surface area contributed by atoms with Crippen LogP contribution in [0.4, 0.5) is 18.9 Å². The summed E-state index contributed by atoms with van der Waals surface area (Å²) in [7, 11) is 0. The number of hydrogen-bond acceptors (Lipinski definition) is 4. The number of ether oxygens (including phenoxy) is 1. The van der Waals surface area contributed by atoms with Gasteiger partial charge in [-0.05, 0) is 60.7 Å². The summed E-state index contributed by atoms with van der Waals surface area (Å²) < 4.78 is 45.6. The number of nitrogens with zero attached hydrogens (tertiary/aromatic N) is 2. The molecule has 2 heterocycles. The lowest BCUT2D eigenvalue weighted by molar-refractivity contribution is -0.137. The van der Waals surface area contributed by atoms with Gasteiger partial charge in [0.25, 0.3) is 5.91 Å². The molecule has 0 bridgehead atoms. The van der Waals surface area contributed by atoms with Gasteiger partial charge in [-0.1, -0.05) is 6.07 Å². The third kappa shape index (κ3) is 4.56. The van der Waals surface area contributed by atoms with Gasteiger partial charge < -0.3 is 19.7 Å². The first-order valence-electron chi connectivity index (χ1n) is 9.39. The molecule has 1 amide bonds. The zero-order chi connectivity index (χ0) is 22.7. The molecular formula is C23H16F3N3O3. The molecule has 0 aliphatic heterocycles. The molecule has 0 atom stereocenters. The van der Waals surface area contributed by atoms with Gasteiger partial charge in [-0.3, -0.25) is 4.79 Å². The maximum atomic E-state index is 12.8. The van der Waals surface area contributed by atoms with E-state index >= 15 is 0 Å². The van der Waals surface area contributed by atoms with Crippen LogP contribution in [0.5, 0.6) is 17.2 Å². The highest BCUT2D eigenvalue weighted by Crippen LogP contribution is 2.33. The molecule has 0 saturated carbocycles. The average molecular weight is 439 g/mol. The molecule has 162 valence electrons. The number of amides is 1. The Morgan fingerprint density at radius 2 is 1.69 bits per heavy atom. The van der Waals surface area contributed by atoms with Gasteiger partial charge in [-0.25, -0.2) is 4.98 Å². The Hall–Kier alpha value is -4.27. The highest BCUT2D eigenvalue weighted by molar-refractivity contribution is 6.05. The molecule has 6 nitrogen and oxygen atoms in total. The van der Waals surface area contributed by atoms with Crippen LogP contribution in [0.1, 0.15) is 16.1 Å². The van der Waals surface area contributed by atoms with Gasteiger partial charge in [0, 0.05) is 24.3 Å². The van der Waals surface area contributed by atoms with E-state index in [0.717, 1.165) is 12.1 Å². The largest absolute Gasteiger partial charge is 0.504 e. The van der Waals surface area contributed by atoms with E-state index in [2.05, 4.69) is 10.3 Å².